The van der Waals surface area contributed by atoms with E-state index in [1.54, 1.807) is 6.08 Å². The van der Waals surface area contributed by atoms with Crippen LogP contribution < -0.4 is 5.32 Å². The van der Waals surface area contributed by atoms with Crippen LogP contribution in [0.2, 0.25) is 0 Å². The Morgan fingerprint density at radius 2 is 0.629 bits per heavy atom. The Morgan fingerprint density at radius 1 is 0.357 bits per heavy atom. The molecule has 70 heavy (non-hydrogen) atoms. The SMILES string of the molecule is CC/C=C\C/C=C\C/C=C\C/C=C\C/C=C\C/C=C\C/C=C\C/C=C\C/C=C\C/C=C\CCCCCCCCCCC(=O)NC(CO)C(O)/C=C/CCCCCCCCCCCCCCCCCCC. The third kappa shape index (κ3) is 55.5. The highest BCUT2D eigenvalue weighted by atomic mass is 16.3. The van der Waals surface area contributed by atoms with Gasteiger partial charge in [-0.25, -0.2) is 0 Å². The summed E-state index contributed by atoms with van der Waals surface area (Å²) in [6, 6.07) is -0.636. The van der Waals surface area contributed by atoms with Crippen molar-refractivity contribution in [2.75, 3.05) is 6.61 Å². The van der Waals surface area contributed by atoms with Crippen LogP contribution in [-0.4, -0.2) is 34.9 Å². The van der Waals surface area contributed by atoms with Crippen molar-refractivity contribution in [3.8, 4) is 0 Å². The Kier molecular flexibility index (Phi) is 56.9. The zero-order valence-electron chi connectivity index (χ0n) is 45.7. The zero-order chi connectivity index (χ0) is 50.6. The monoisotopic (exact) mass is 966 g/mol. The van der Waals surface area contributed by atoms with Gasteiger partial charge in [-0.05, 0) is 96.3 Å². The van der Waals surface area contributed by atoms with Crippen LogP contribution in [0.15, 0.2) is 134 Å². The molecule has 0 spiro atoms. The Bertz CT molecular complexity index is 1420. The van der Waals surface area contributed by atoms with Gasteiger partial charge >= 0.3 is 0 Å². The molecule has 398 valence electrons. The van der Waals surface area contributed by atoms with Crippen LogP contribution in [0.5, 0.6) is 0 Å². The van der Waals surface area contributed by atoms with E-state index in [1.165, 1.54) is 135 Å². The number of aliphatic hydroxyl groups is 2. The molecular weight excluding hydrogens is 855 g/mol. The molecule has 0 radical (unpaired) electrons. The number of allylic oxidation sites excluding steroid dienone is 21. The molecule has 0 saturated carbocycles. The van der Waals surface area contributed by atoms with Gasteiger partial charge in [0.1, 0.15) is 0 Å². The van der Waals surface area contributed by atoms with E-state index in [2.05, 4.69) is 141 Å². The van der Waals surface area contributed by atoms with Gasteiger partial charge in [-0.1, -0.05) is 289 Å². The minimum absolute atomic E-state index is 0.0765. The fraction of sp³-hybridized carbons (Fsp3) is 0.652. The number of amides is 1. The van der Waals surface area contributed by atoms with Gasteiger partial charge in [0.25, 0.3) is 0 Å². The predicted molar refractivity (Wildman–Crippen MR) is 312 cm³/mol. The molecule has 0 rings (SSSR count). The number of carbonyl (C=O) groups is 1. The van der Waals surface area contributed by atoms with Gasteiger partial charge in [0.05, 0.1) is 18.8 Å². The van der Waals surface area contributed by atoms with Crippen LogP contribution in [0.4, 0.5) is 0 Å². The lowest BCUT2D eigenvalue weighted by Gasteiger charge is -2.20. The number of hydrogen-bond acceptors (Lipinski definition) is 3. The van der Waals surface area contributed by atoms with E-state index in [-0.39, 0.29) is 12.5 Å². The van der Waals surface area contributed by atoms with Crippen LogP contribution in [0.1, 0.15) is 258 Å². The molecule has 0 fully saturated rings. The normalized spacial score (nSPS) is 13.8. The van der Waals surface area contributed by atoms with Crippen molar-refractivity contribution in [2.24, 2.45) is 0 Å². The van der Waals surface area contributed by atoms with E-state index in [0.717, 1.165) is 103 Å². The second kappa shape index (κ2) is 59.8. The molecule has 0 aliphatic rings. The summed E-state index contributed by atoms with van der Waals surface area (Å²) in [6.45, 7) is 4.20. The van der Waals surface area contributed by atoms with Gasteiger partial charge < -0.3 is 15.5 Å². The average molecular weight is 967 g/mol. The van der Waals surface area contributed by atoms with Crippen LogP contribution in [-0.2, 0) is 4.79 Å². The summed E-state index contributed by atoms with van der Waals surface area (Å²) < 4.78 is 0. The molecule has 0 aliphatic carbocycles. The van der Waals surface area contributed by atoms with Crippen LogP contribution >= 0.6 is 0 Å². The van der Waals surface area contributed by atoms with Gasteiger partial charge in [-0.2, -0.15) is 0 Å². The van der Waals surface area contributed by atoms with E-state index in [1.807, 2.05) is 6.08 Å². The molecule has 0 saturated heterocycles. The Morgan fingerprint density at radius 3 is 0.943 bits per heavy atom. The highest BCUT2D eigenvalue weighted by Gasteiger charge is 2.18. The van der Waals surface area contributed by atoms with Crippen molar-refractivity contribution < 1.29 is 15.0 Å². The maximum absolute atomic E-state index is 12.5. The molecule has 2 atom stereocenters. The van der Waals surface area contributed by atoms with Crippen LogP contribution in [0.25, 0.3) is 0 Å². The first-order valence-electron chi connectivity index (χ1n) is 29.4. The van der Waals surface area contributed by atoms with E-state index in [4.69, 9.17) is 0 Å². The van der Waals surface area contributed by atoms with Gasteiger partial charge in [0.2, 0.25) is 5.91 Å². The van der Waals surface area contributed by atoms with Crippen LogP contribution in [0, 0.1) is 0 Å². The minimum atomic E-state index is -0.852. The first kappa shape index (κ1) is 66.5. The second-order valence-corrected chi connectivity index (χ2v) is 19.3. The summed E-state index contributed by atoms with van der Waals surface area (Å²) in [4.78, 5) is 12.5. The molecule has 0 aliphatic heterocycles. The van der Waals surface area contributed by atoms with Crippen molar-refractivity contribution in [3.63, 3.8) is 0 Å². The van der Waals surface area contributed by atoms with Crippen molar-refractivity contribution in [3.05, 3.63) is 134 Å². The predicted octanol–water partition coefficient (Wildman–Crippen LogP) is 19.8. The molecule has 0 aromatic carbocycles. The molecule has 0 bridgehead atoms. The quantitative estimate of drug-likeness (QED) is 0.0420. The van der Waals surface area contributed by atoms with Crippen molar-refractivity contribution in [2.45, 2.75) is 270 Å². The summed E-state index contributed by atoms with van der Waals surface area (Å²) in [6.07, 6.45) is 93.2. The Balaban J connectivity index is 3.63. The highest BCUT2D eigenvalue weighted by Crippen LogP contribution is 2.15. The fourth-order valence-electron chi connectivity index (χ4n) is 8.21. The number of carbonyl (C=O) groups excluding carboxylic acids is 1. The third-order valence-electron chi connectivity index (χ3n) is 12.6. The number of hydrogen-bond donors (Lipinski definition) is 3. The second-order valence-electron chi connectivity index (χ2n) is 19.3. The topological polar surface area (TPSA) is 69.6 Å². The maximum Gasteiger partial charge on any atom is 0.220 e. The molecule has 4 nitrogen and oxygen atoms in total. The average Bonchev–Trinajstić information content (AvgIpc) is 3.36. The number of unbranched alkanes of at least 4 members (excludes halogenated alkanes) is 25. The summed E-state index contributed by atoms with van der Waals surface area (Å²) in [7, 11) is 0. The smallest absolute Gasteiger partial charge is 0.220 e. The van der Waals surface area contributed by atoms with Gasteiger partial charge in [0.15, 0.2) is 0 Å². The molecule has 3 N–H and O–H groups in total. The standard InChI is InChI=1S/C66H111NO3/c1-3-5-7-9-11-13-15-17-19-21-23-24-25-26-27-28-29-30-31-32-33-34-35-36-37-38-39-40-41-42-44-46-48-50-52-54-56-58-60-62-66(70)67-64(63-68)65(69)61-59-57-55-53-51-49-47-45-43-22-20-18-16-14-12-10-8-6-4-2/h5,7,11,13,17,19,23-24,26-27,29-30,32-33,35-36,38-39,41-42,59,61,64-65,68-69H,3-4,6,8-10,12,14-16,18,20-22,25,28,31,34,37,40,43-58,60,62-63H2,1-2H3,(H,67,70)/b7-5-,13-11-,19-17-,24-23-,27-26-,30-29-,33-32-,36-35-,39-38-,42-41-,61-59+. The number of rotatable bonds is 52. The lowest BCUT2D eigenvalue weighted by Crippen LogP contribution is -2.45. The molecule has 0 aromatic heterocycles. The lowest BCUT2D eigenvalue weighted by molar-refractivity contribution is -0.123. The Hall–Kier alpha value is -3.47. The molecular formula is C66H111NO3. The largest absolute Gasteiger partial charge is 0.394 e. The van der Waals surface area contributed by atoms with Gasteiger partial charge in [0, 0.05) is 6.42 Å². The lowest BCUT2D eigenvalue weighted by atomic mass is 10.0. The first-order valence-corrected chi connectivity index (χ1v) is 29.4. The van der Waals surface area contributed by atoms with Crippen LogP contribution in [0.3, 0.4) is 0 Å². The Labute approximate surface area is 434 Å². The molecule has 0 heterocycles. The number of aliphatic hydroxyl groups excluding tert-OH is 2. The molecule has 1 amide bonds. The van der Waals surface area contributed by atoms with Gasteiger partial charge in [-0.15, -0.1) is 0 Å². The molecule has 4 heteroatoms. The minimum Gasteiger partial charge on any atom is -0.394 e. The summed E-state index contributed by atoms with van der Waals surface area (Å²) in [5.74, 6) is -0.0765. The van der Waals surface area contributed by atoms with Crippen molar-refractivity contribution in [1.29, 1.82) is 0 Å². The maximum atomic E-state index is 12.5. The molecule has 2 unspecified atom stereocenters. The van der Waals surface area contributed by atoms with Crippen molar-refractivity contribution in [1.82, 2.24) is 5.32 Å². The number of nitrogens with one attached hydrogen (secondary N) is 1. The van der Waals surface area contributed by atoms with E-state index in [0.29, 0.717) is 6.42 Å². The first-order chi connectivity index (χ1) is 34.7. The summed E-state index contributed by atoms with van der Waals surface area (Å²) in [5.41, 5.74) is 0. The third-order valence-corrected chi connectivity index (χ3v) is 12.6. The van der Waals surface area contributed by atoms with Crippen molar-refractivity contribution >= 4 is 5.91 Å². The highest BCUT2D eigenvalue weighted by molar-refractivity contribution is 5.76. The fourth-order valence-corrected chi connectivity index (χ4v) is 8.21. The molecule has 0 aromatic rings. The van der Waals surface area contributed by atoms with E-state index in [9.17, 15) is 15.0 Å². The van der Waals surface area contributed by atoms with Gasteiger partial charge in [-0.3, -0.25) is 4.79 Å². The van der Waals surface area contributed by atoms with E-state index < -0.39 is 12.1 Å². The zero-order valence-corrected chi connectivity index (χ0v) is 45.7. The summed E-state index contributed by atoms with van der Waals surface area (Å²) >= 11 is 0. The van der Waals surface area contributed by atoms with E-state index >= 15 is 0 Å². The summed E-state index contributed by atoms with van der Waals surface area (Å²) in [5, 5.41) is 23.2.